The van der Waals surface area contributed by atoms with E-state index in [-0.39, 0.29) is 0 Å². The van der Waals surface area contributed by atoms with Gasteiger partial charge in [-0.25, -0.2) is 0 Å². The third kappa shape index (κ3) is 2.34. The summed E-state index contributed by atoms with van der Waals surface area (Å²) in [5.41, 5.74) is 0. The smallest absolute Gasteiger partial charge is 0.0249 e. The van der Waals surface area contributed by atoms with Crippen LogP contribution in [0.15, 0.2) is 0 Å². The second-order valence-corrected chi connectivity index (χ2v) is 7.24. The van der Waals surface area contributed by atoms with Crippen LogP contribution in [-0.4, -0.2) is 36.6 Å². The Morgan fingerprint density at radius 2 is 1.67 bits per heavy atom. The molecule has 4 rings (SSSR count). The highest BCUT2D eigenvalue weighted by Crippen LogP contribution is 2.49. The topological polar surface area (TPSA) is 15.3 Å². The van der Waals surface area contributed by atoms with E-state index >= 15 is 0 Å². The molecule has 2 saturated carbocycles. The van der Waals surface area contributed by atoms with Crippen LogP contribution in [0.2, 0.25) is 0 Å². The van der Waals surface area contributed by atoms with Gasteiger partial charge in [0, 0.05) is 18.6 Å². The molecular weight excluding hydrogens is 220 g/mol. The fraction of sp³-hybridized carbons (Fsp3) is 1.00. The van der Waals surface area contributed by atoms with Crippen molar-refractivity contribution >= 4 is 0 Å². The lowest BCUT2D eigenvalue weighted by Gasteiger charge is -2.33. The number of hydrogen-bond acceptors (Lipinski definition) is 2. The number of piperidine rings is 1. The predicted molar refractivity (Wildman–Crippen MR) is 74.6 cm³/mol. The van der Waals surface area contributed by atoms with E-state index in [0.717, 1.165) is 29.8 Å². The van der Waals surface area contributed by atoms with Crippen LogP contribution in [0.4, 0.5) is 0 Å². The van der Waals surface area contributed by atoms with Gasteiger partial charge in [-0.3, -0.25) is 4.90 Å². The molecule has 2 atom stereocenters. The molecule has 2 nitrogen and oxygen atoms in total. The van der Waals surface area contributed by atoms with E-state index < -0.39 is 0 Å². The van der Waals surface area contributed by atoms with Crippen LogP contribution in [-0.2, 0) is 0 Å². The summed E-state index contributed by atoms with van der Waals surface area (Å²) in [6.45, 7) is 4.07. The van der Waals surface area contributed by atoms with Crippen LogP contribution in [0.3, 0.4) is 0 Å². The number of rotatable bonds is 5. The molecule has 2 saturated heterocycles. The highest BCUT2D eigenvalue weighted by Gasteiger charge is 2.42. The Hall–Kier alpha value is -0.0800. The predicted octanol–water partition coefficient (Wildman–Crippen LogP) is 2.64. The van der Waals surface area contributed by atoms with Crippen molar-refractivity contribution in [3.8, 4) is 0 Å². The van der Waals surface area contributed by atoms with Crippen molar-refractivity contribution in [3.05, 3.63) is 0 Å². The lowest BCUT2D eigenvalue weighted by atomic mass is 9.95. The maximum Gasteiger partial charge on any atom is 0.0249 e. The van der Waals surface area contributed by atoms with Crippen LogP contribution >= 0.6 is 0 Å². The van der Waals surface area contributed by atoms with E-state index in [4.69, 9.17) is 0 Å². The Bertz CT molecular complexity index is 283. The van der Waals surface area contributed by atoms with Crippen molar-refractivity contribution in [1.82, 2.24) is 10.2 Å². The Labute approximate surface area is 111 Å². The molecule has 2 aliphatic heterocycles. The van der Waals surface area contributed by atoms with Crippen molar-refractivity contribution in [2.45, 2.75) is 63.5 Å². The Balaban J connectivity index is 1.31. The van der Waals surface area contributed by atoms with Crippen LogP contribution in [0.1, 0.15) is 51.4 Å². The van der Waals surface area contributed by atoms with Gasteiger partial charge in [0.15, 0.2) is 0 Å². The summed E-state index contributed by atoms with van der Waals surface area (Å²) in [6.07, 6.45) is 11.9. The van der Waals surface area contributed by atoms with Crippen molar-refractivity contribution in [1.29, 1.82) is 0 Å². The van der Waals surface area contributed by atoms with Gasteiger partial charge in [0.25, 0.3) is 0 Å². The van der Waals surface area contributed by atoms with Gasteiger partial charge in [0.1, 0.15) is 0 Å². The van der Waals surface area contributed by atoms with Gasteiger partial charge in [-0.2, -0.15) is 0 Å². The number of nitrogens with zero attached hydrogens (tertiary/aromatic N) is 1. The molecule has 0 aromatic carbocycles. The first-order valence-electron chi connectivity index (χ1n) is 8.39. The first-order valence-corrected chi connectivity index (χ1v) is 8.39. The Morgan fingerprint density at radius 1 is 0.889 bits per heavy atom. The summed E-state index contributed by atoms with van der Waals surface area (Å²) >= 11 is 0. The van der Waals surface area contributed by atoms with Gasteiger partial charge in [0.05, 0.1) is 0 Å². The third-order valence-corrected chi connectivity index (χ3v) is 5.93. The van der Waals surface area contributed by atoms with Gasteiger partial charge in [-0.15, -0.1) is 0 Å². The van der Waals surface area contributed by atoms with Crippen LogP contribution in [0, 0.1) is 17.8 Å². The molecule has 0 aromatic rings. The van der Waals surface area contributed by atoms with E-state index in [1.165, 1.54) is 71.0 Å². The summed E-state index contributed by atoms with van der Waals surface area (Å²) in [5, 5.41) is 3.98. The molecule has 4 aliphatic rings. The molecule has 2 heteroatoms. The average molecular weight is 248 g/mol. The normalized spacial score (nSPS) is 37.2. The van der Waals surface area contributed by atoms with Crippen LogP contribution < -0.4 is 5.32 Å². The first kappa shape index (κ1) is 11.7. The minimum Gasteiger partial charge on any atom is -0.312 e. The largest absolute Gasteiger partial charge is 0.312 e. The van der Waals surface area contributed by atoms with E-state index in [1.54, 1.807) is 0 Å². The molecule has 1 N–H and O–H groups in total. The second kappa shape index (κ2) is 4.79. The monoisotopic (exact) mass is 248 g/mol. The molecule has 18 heavy (non-hydrogen) atoms. The van der Waals surface area contributed by atoms with E-state index in [0.29, 0.717) is 0 Å². The summed E-state index contributed by atoms with van der Waals surface area (Å²) in [5.74, 6) is 3.25. The first-order chi connectivity index (χ1) is 8.92. The summed E-state index contributed by atoms with van der Waals surface area (Å²) in [4.78, 5) is 2.75. The zero-order chi connectivity index (χ0) is 11.9. The Kier molecular flexibility index (Phi) is 3.12. The molecule has 0 spiro atoms. The summed E-state index contributed by atoms with van der Waals surface area (Å²) < 4.78 is 0. The van der Waals surface area contributed by atoms with Gasteiger partial charge in [0.2, 0.25) is 0 Å². The maximum atomic E-state index is 3.98. The SMILES string of the molecule is C1CCN2CCC(NCC(C3CC3)C3CC3)C2C1. The minimum atomic E-state index is 0.824. The van der Waals surface area contributed by atoms with Gasteiger partial charge in [-0.1, -0.05) is 6.42 Å². The molecule has 4 fully saturated rings. The van der Waals surface area contributed by atoms with Crippen molar-refractivity contribution < 1.29 is 0 Å². The van der Waals surface area contributed by atoms with Gasteiger partial charge < -0.3 is 5.32 Å². The minimum absolute atomic E-state index is 0.824. The lowest BCUT2D eigenvalue weighted by molar-refractivity contribution is 0.177. The number of fused-ring (bicyclic) bond motifs is 1. The molecule has 2 unspecified atom stereocenters. The molecule has 2 aliphatic carbocycles. The summed E-state index contributed by atoms with van der Waals surface area (Å²) in [6, 6.07) is 1.71. The zero-order valence-corrected chi connectivity index (χ0v) is 11.6. The van der Waals surface area contributed by atoms with Gasteiger partial charge in [-0.05, 0) is 75.8 Å². The lowest BCUT2D eigenvalue weighted by Crippen LogP contribution is -2.46. The number of hydrogen-bond donors (Lipinski definition) is 1. The van der Waals surface area contributed by atoms with E-state index in [2.05, 4.69) is 10.2 Å². The van der Waals surface area contributed by atoms with Crippen molar-refractivity contribution in [2.24, 2.45) is 17.8 Å². The average Bonchev–Trinajstić information content (AvgIpc) is 3.29. The van der Waals surface area contributed by atoms with E-state index in [1.807, 2.05) is 0 Å². The fourth-order valence-corrected chi connectivity index (χ4v) is 4.54. The van der Waals surface area contributed by atoms with Crippen molar-refractivity contribution in [3.63, 3.8) is 0 Å². The molecule has 0 aromatic heterocycles. The standard InChI is InChI=1S/C16H28N2/c1-2-9-18-10-8-15(16(18)3-1)17-11-14(12-4-5-12)13-6-7-13/h12-17H,1-11H2. The highest BCUT2D eigenvalue weighted by molar-refractivity contribution is 4.97. The molecule has 0 radical (unpaired) electrons. The number of nitrogens with one attached hydrogen (secondary N) is 1. The third-order valence-electron chi connectivity index (χ3n) is 5.93. The van der Waals surface area contributed by atoms with Gasteiger partial charge >= 0.3 is 0 Å². The molecule has 0 bridgehead atoms. The summed E-state index contributed by atoms with van der Waals surface area (Å²) in [7, 11) is 0. The van der Waals surface area contributed by atoms with E-state index in [9.17, 15) is 0 Å². The van der Waals surface area contributed by atoms with Crippen molar-refractivity contribution in [2.75, 3.05) is 19.6 Å². The molecule has 2 heterocycles. The second-order valence-electron chi connectivity index (χ2n) is 7.24. The van der Waals surface area contributed by atoms with Crippen LogP contribution in [0.5, 0.6) is 0 Å². The molecule has 102 valence electrons. The zero-order valence-electron chi connectivity index (χ0n) is 11.6. The Morgan fingerprint density at radius 3 is 2.39 bits per heavy atom. The molecular formula is C16H28N2. The van der Waals surface area contributed by atoms with Crippen LogP contribution in [0.25, 0.3) is 0 Å². The molecule has 0 amide bonds. The highest BCUT2D eigenvalue weighted by atomic mass is 15.2. The fourth-order valence-electron chi connectivity index (χ4n) is 4.54. The maximum absolute atomic E-state index is 3.98. The quantitative estimate of drug-likeness (QED) is 0.804.